The van der Waals surface area contributed by atoms with Crippen LogP contribution in [0.1, 0.15) is 26.6 Å². The van der Waals surface area contributed by atoms with Crippen LogP contribution in [0.2, 0.25) is 0 Å². The van der Waals surface area contributed by atoms with Gasteiger partial charge >= 0.3 is 6.18 Å². The van der Waals surface area contributed by atoms with E-state index >= 15 is 0 Å². The van der Waals surface area contributed by atoms with Crippen LogP contribution < -0.4 is 9.64 Å². The molecule has 0 saturated carbocycles. The van der Waals surface area contributed by atoms with Crippen molar-refractivity contribution >= 4 is 23.1 Å². The summed E-state index contributed by atoms with van der Waals surface area (Å²) in [6.45, 7) is 4.02. The van der Waals surface area contributed by atoms with Gasteiger partial charge in [0, 0.05) is 37.8 Å². The van der Waals surface area contributed by atoms with Gasteiger partial charge in [0.05, 0.1) is 21.8 Å². The molecule has 0 radical (unpaired) electrons. The Kier molecular flexibility index (Phi) is 6.31. The molecule has 0 spiro atoms. The minimum absolute atomic E-state index is 0.143. The van der Waals surface area contributed by atoms with Crippen LogP contribution in [0.5, 0.6) is 5.75 Å². The molecule has 168 valence electrons. The van der Waals surface area contributed by atoms with Crippen molar-refractivity contribution in [1.29, 1.82) is 0 Å². The van der Waals surface area contributed by atoms with Gasteiger partial charge in [-0.3, -0.25) is 4.79 Å². The van der Waals surface area contributed by atoms with Crippen LogP contribution >= 0.6 is 11.3 Å². The third-order valence-corrected chi connectivity index (χ3v) is 5.95. The molecule has 1 aliphatic rings. The average molecular weight is 462 g/mol. The number of thiazole rings is 1. The second-order valence-electron chi connectivity index (χ2n) is 7.32. The molecule has 1 saturated heterocycles. The predicted octanol–water partition coefficient (Wildman–Crippen LogP) is 4.41. The maximum Gasteiger partial charge on any atom is 0.417 e. The van der Waals surface area contributed by atoms with Gasteiger partial charge in [0.25, 0.3) is 5.91 Å². The molecule has 0 aliphatic carbocycles. The number of alkyl halides is 3. The van der Waals surface area contributed by atoms with Crippen LogP contribution in [-0.2, 0) is 12.8 Å². The van der Waals surface area contributed by atoms with E-state index in [4.69, 9.17) is 4.74 Å². The third-order valence-electron chi connectivity index (χ3n) is 5.13. The first-order chi connectivity index (χ1) is 15.3. The number of aromatic nitrogens is 2. The number of benzene rings is 1. The van der Waals surface area contributed by atoms with Crippen LogP contribution in [0, 0.1) is 6.92 Å². The monoisotopic (exact) mass is 462 g/mol. The van der Waals surface area contributed by atoms with Crippen molar-refractivity contribution < 1.29 is 22.7 Å². The zero-order valence-corrected chi connectivity index (χ0v) is 18.1. The lowest BCUT2D eigenvalue weighted by atomic mass is 10.1. The number of piperazine rings is 1. The van der Waals surface area contributed by atoms with Crippen molar-refractivity contribution in [1.82, 2.24) is 14.9 Å². The molecule has 1 fully saturated rings. The molecular weight excluding hydrogens is 441 g/mol. The van der Waals surface area contributed by atoms with E-state index in [9.17, 15) is 18.0 Å². The zero-order valence-electron chi connectivity index (χ0n) is 17.3. The van der Waals surface area contributed by atoms with E-state index < -0.39 is 11.7 Å². The predicted molar refractivity (Wildman–Crippen MR) is 115 cm³/mol. The number of carbonyl (C=O) groups excluding carboxylic acids is 1. The molecule has 2 aromatic heterocycles. The number of para-hydroxylation sites is 1. The standard InChI is InChI=1S/C22H21F3N4O2S/c1-15-27-17(14-32-15)13-31-19-5-3-2-4-18(19)21(30)29-10-8-28(9-11-29)20-7-6-16(12-26-20)22(23,24)25/h2-7,12,14H,8-11,13H2,1H3. The molecule has 1 amide bonds. The molecule has 4 rings (SSSR count). The van der Waals surface area contributed by atoms with Gasteiger partial charge in [-0.25, -0.2) is 9.97 Å². The molecule has 10 heteroatoms. The molecule has 3 heterocycles. The van der Waals surface area contributed by atoms with E-state index in [1.807, 2.05) is 23.3 Å². The number of nitrogens with zero attached hydrogens (tertiary/aromatic N) is 4. The number of carbonyl (C=O) groups is 1. The number of hydrogen-bond acceptors (Lipinski definition) is 6. The van der Waals surface area contributed by atoms with Gasteiger partial charge in [0.1, 0.15) is 18.2 Å². The quantitative estimate of drug-likeness (QED) is 0.562. The Morgan fingerprint density at radius 1 is 1.12 bits per heavy atom. The third kappa shape index (κ3) is 5.01. The van der Waals surface area contributed by atoms with Gasteiger partial charge < -0.3 is 14.5 Å². The van der Waals surface area contributed by atoms with Crippen LogP contribution in [0.25, 0.3) is 0 Å². The first kappa shape index (κ1) is 22.1. The van der Waals surface area contributed by atoms with Crippen LogP contribution in [-0.4, -0.2) is 47.0 Å². The summed E-state index contributed by atoms with van der Waals surface area (Å²) in [7, 11) is 0. The van der Waals surface area contributed by atoms with E-state index in [2.05, 4.69) is 9.97 Å². The summed E-state index contributed by atoms with van der Waals surface area (Å²) in [6, 6.07) is 9.48. The van der Waals surface area contributed by atoms with Gasteiger partial charge in [-0.05, 0) is 31.2 Å². The fourth-order valence-electron chi connectivity index (χ4n) is 3.45. The van der Waals surface area contributed by atoms with Crippen molar-refractivity contribution in [3.8, 4) is 5.75 Å². The number of anilines is 1. The lowest BCUT2D eigenvalue weighted by Gasteiger charge is -2.35. The number of pyridine rings is 1. The van der Waals surface area contributed by atoms with Crippen molar-refractivity contribution in [3.05, 3.63) is 69.8 Å². The van der Waals surface area contributed by atoms with E-state index in [1.165, 1.54) is 6.07 Å². The van der Waals surface area contributed by atoms with Crippen molar-refractivity contribution in [2.75, 3.05) is 31.1 Å². The highest BCUT2D eigenvalue weighted by Crippen LogP contribution is 2.29. The van der Waals surface area contributed by atoms with Crippen LogP contribution in [0.4, 0.5) is 19.0 Å². The van der Waals surface area contributed by atoms with Gasteiger partial charge in [0.15, 0.2) is 0 Å². The zero-order chi connectivity index (χ0) is 22.7. The Balaban J connectivity index is 1.38. The molecule has 0 atom stereocenters. The summed E-state index contributed by atoms with van der Waals surface area (Å²) in [5, 5.41) is 2.88. The molecule has 0 unspecified atom stereocenters. The Morgan fingerprint density at radius 3 is 2.50 bits per heavy atom. The summed E-state index contributed by atoms with van der Waals surface area (Å²) in [5.74, 6) is 0.817. The lowest BCUT2D eigenvalue weighted by Crippen LogP contribution is -2.49. The number of aryl methyl sites for hydroxylation is 1. The SMILES string of the molecule is Cc1nc(COc2ccccc2C(=O)N2CCN(c3ccc(C(F)(F)F)cn3)CC2)cs1. The summed E-state index contributed by atoms with van der Waals surface area (Å²) in [6.07, 6.45) is -3.57. The maximum atomic E-state index is 13.1. The number of halogens is 3. The number of ether oxygens (including phenoxy) is 1. The first-order valence-corrected chi connectivity index (χ1v) is 10.9. The minimum atomic E-state index is -4.41. The molecular formula is C22H21F3N4O2S. The Hall–Kier alpha value is -3.14. The summed E-state index contributed by atoms with van der Waals surface area (Å²) >= 11 is 1.54. The fraction of sp³-hybridized carbons (Fsp3) is 0.318. The maximum absolute atomic E-state index is 13.1. The smallest absolute Gasteiger partial charge is 0.417 e. The second kappa shape index (κ2) is 9.15. The van der Waals surface area contributed by atoms with Crippen molar-refractivity contribution in [2.24, 2.45) is 0 Å². The van der Waals surface area contributed by atoms with Crippen LogP contribution in [0.15, 0.2) is 48.0 Å². The molecule has 0 N–H and O–H groups in total. The van der Waals surface area contributed by atoms with Gasteiger partial charge in [-0.1, -0.05) is 12.1 Å². The molecule has 3 aromatic rings. The molecule has 32 heavy (non-hydrogen) atoms. The summed E-state index contributed by atoms with van der Waals surface area (Å²) in [5.41, 5.74) is 0.507. The van der Waals surface area contributed by atoms with E-state index in [0.717, 1.165) is 23.0 Å². The highest BCUT2D eigenvalue weighted by molar-refractivity contribution is 7.09. The topological polar surface area (TPSA) is 58.6 Å². The highest BCUT2D eigenvalue weighted by atomic mass is 32.1. The first-order valence-electron chi connectivity index (χ1n) is 10.0. The Morgan fingerprint density at radius 2 is 1.88 bits per heavy atom. The van der Waals surface area contributed by atoms with Gasteiger partial charge in [-0.2, -0.15) is 13.2 Å². The molecule has 1 aromatic carbocycles. The Bertz CT molecular complexity index is 1080. The van der Waals surface area contributed by atoms with E-state index in [-0.39, 0.29) is 12.5 Å². The molecule has 1 aliphatic heterocycles. The lowest BCUT2D eigenvalue weighted by molar-refractivity contribution is -0.137. The highest BCUT2D eigenvalue weighted by Gasteiger charge is 2.31. The normalized spacial score (nSPS) is 14.5. The van der Waals surface area contributed by atoms with E-state index in [0.29, 0.717) is 43.3 Å². The number of amides is 1. The van der Waals surface area contributed by atoms with Crippen molar-refractivity contribution in [3.63, 3.8) is 0 Å². The van der Waals surface area contributed by atoms with Crippen LogP contribution in [0.3, 0.4) is 0 Å². The molecule has 0 bridgehead atoms. The van der Waals surface area contributed by atoms with E-state index in [1.54, 1.807) is 34.4 Å². The average Bonchev–Trinajstić information content (AvgIpc) is 3.22. The fourth-order valence-corrected chi connectivity index (χ4v) is 4.04. The van der Waals surface area contributed by atoms with Gasteiger partial charge in [-0.15, -0.1) is 11.3 Å². The number of hydrogen-bond donors (Lipinski definition) is 0. The second-order valence-corrected chi connectivity index (χ2v) is 8.39. The Labute approximate surface area is 187 Å². The minimum Gasteiger partial charge on any atom is -0.486 e. The van der Waals surface area contributed by atoms with Gasteiger partial charge in [0.2, 0.25) is 0 Å². The number of rotatable bonds is 5. The van der Waals surface area contributed by atoms with Crippen molar-refractivity contribution in [2.45, 2.75) is 19.7 Å². The largest absolute Gasteiger partial charge is 0.486 e. The summed E-state index contributed by atoms with van der Waals surface area (Å²) < 4.78 is 44.1. The summed E-state index contributed by atoms with van der Waals surface area (Å²) in [4.78, 5) is 25.0. The molecule has 6 nitrogen and oxygen atoms in total.